The standard InChI is InChI=1S/C25H30N2O2S/c1-3-21(20-10-5-4-6-11-20)23(28)26-15-13-25(14-16-26)27(17-18-30-25)24(29)22-12-8-7-9-19(22)2/h4-12,21H,3,13-18H2,1-2H3. The molecule has 158 valence electrons. The number of carbonyl (C=O) groups excluding carboxylic acids is 2. The molecule has 2 aliphatic rings. The van der Waals surface area contributed by atoms with Gasteiger partial charge in [0, 0.05) is 31.0 Å². The lowest BCUT2D eigenvalue weighted by Gasteiger charge is -2.44. The van der Waals surface area contributed by atoms with Gasteiger partial charge in [0.25, 0.3) is 5.91 Å². The summed E-state index contributed by atoms with van der Waals surface area (Å²) in [5.41, 5.74) is 2.92. The molecule has 2 heterocycles. The first kappa shape index (κ1) is 21.0. The Balaban J connectivity index is 1.47. The Bertz CT molecular complexity index is 906. The van der Waals surface area contributed by atoms with Crippen molar-refractivity contribution < 1.29 is 9.59 Å². The Labute approximate surface area is 183 Å². The number of carbonyl (C=O) groups is 2. The maximum absolute atomic E-state index is 13.3. The van der Waals surface area contributed by atoms with Crippen molar-refractivity contribution in [1.82, 2.24) is 9.80 Å². The molecule has 30 heavy (non-hydrogen) atoms. The van der Waals surface area contributed by atoms with Gasteiger partial charge in [0.05, 0.1) is 10.8 Å². The molecule has 5 heteroatoms. The van der Waals surface area contributed by atoms with E-state index in [2.05, 4.69) is 11.8 Å². The minimum absolute atomic E-state index is 0.0822. The molecule has 2 aromatic carbocycles. The molecule has 0 radical (unpaired) electrons. The molecule has 1 spiro atoms. The second-order valence-corrected chi connectivity index (χ2v) is 9.72. The largest absolute Gasteiger partial charge is 0.342 e. The van der Waals surface area contributed by atoms with Gasteiger partial charge in [-0.2, -0.15) is 0 Å². The zero-order valence-corrected chi connectivity index (χ0v) is 18.7. The van der Waals surface area contributed by atoms with Gasteiger partial charge in [0.2, 0.25) is 5.91 Å². The molecular formula is C25H30N2O2S. The van der Waals surface area contributed by atoms with Crippen molar-refractivity contribution in [2.75, 3.05) is 25.4 Å². The lowest BCUT2D eigenvalue weighted by atomic mass is 9.93. The third-order valence-electron chi connectivity index (χ3n) is 6.56. The number of likely N-dealkylation sites (tertiary alicyclic amines) is 1. The molecule has 4 nitrogen and oxygen atoms in total. The van der Waals surface area contributed by atoms with Crippen molar-refractivity contribution >= 4 is 23.6 Å². The Kier molecular flexibility index (Phi) is 6.19. The van der Waals surface area contributed by atoms with Crippen LogP contribution in [0.3, 0.4) is 0 Å². The van der Waals surface area contributed by atoms with Gasteiger partial charge in [-0.25, -0.2) is 0 Å². The monoisotopic (exact) mass is 422 g/mol. The Hall–Kier alpha value is -2.27. The van der Waals surface area contributed by atoms with Gasteiger partial charge in [-0.15, -0.1) is 11.8 Å². The summed E-state index contributed by atoms with van der Waals surface area (Å²) in [4.78, 5) is 30.5. The van der Waals surface area contributed by atoms with Crippen LogP contribution >= 0.6 is 11.8 Å². The smallest absolute Gasteiger partial charge is 0.255 e. The number of hydrogen-bond acceptors (Lipinski definition) is 3. The van der Waals surface area contributed by atoms with Crippen molar-refractivity contribution in [1.29, 1.82) is 0 Å². The van der Waals surface area contributed by atoms with Crippen molar-refractivity contribution in [3.05, 3.63) is 71.3 Å². The number of aryl methyl sites for hydroxylation is 1. The Morgan fingerprint density at radius 3 is 2.33 bits per heavy atom. The highest BCUT2D eigenvalue weighted by molar-refractivity contribution is 8.00. The summed E-state index contributed by atoms with van der Waals surface area (Å²) in [5.74, 6) is 1.24. The van der Waals surface area contributed by atoms with Gasteiger partial charge in [0.1, 0.15) is 0 Å². The van der Waals surface area contributed by atoms with Crippen LogP contribution in [0.4, 0.5) is 0 Å². The van der Waals surface area contributed by atoms with Crippen molar-refractivity contribution in [2.24, 2.45) is 0 Å². The lowest BCUT2D eigenvalue weighted by molar-refractivity contribution is -0.134. The molecule has 2 amide bonds. The summed E-state index contributed by atoms with van der Waals surface area (Å²) in [5, 5.41) is 0. The van der Waals surface area contributed by atoms with E-state index in [0.717, 1.165) is 48.3 Å². The second kappa shape index (κ2) is 8.84. The summed E-state index contributed by atoms with van der Waals surface area (Å²) in [6, 6.07) is 17.9. The van der Waals surface area contributed by atoms with Crippen LogP contribution in [0.2, 0.25) is 0 Å². The van der Waals surface area contributed by atoms with Gasteiger partial charge < -0.3 is 9.80 Å². The van der Waals surface area contributed by atoms with Gasteiger partial charge in [-0.1, -0.05) is 55.5 Å². The molecule has 1 unspecified atom stereocenters. The van der Waals surface area contributed by atoms with Crippen LogP contribution in [0.1, 0.15) is 53.6 Å². The van der Waals surface area contributed by atoms with Crippen LogP contribution in [0.15, 0.2) is 54.6 Å². The fraction of sp³-hybridized carbons (Fsp3) is 0.440. The number of amides is 2. The average molecular weight is 423 g/mol. The highest BCUT2D eigenvalue weighted by Crippen LogP contribution is 2.45. The van der Waals surface area contributed by atoms with E-state index in [9.17, 15) is 9.59 Å². The fourth-order valence-electron chi connectivity index (χ4n) is 4.80. The Morgan fingerprint density at radius 1 is 1.00 bits per heavy atom. The first-order valence-electron chi connectivity index (χ1n) is 10.9. The van der Waals surface area contributed by atoms with Crippen LogP contribution in [0.5, 0.6) is 0 Å². The van der Waals surface area contributed by atoms with E-state index in [1.807, 2.05) is 78.2 Å². The summed E-state index contributed by atoms with van der Waals surface area (Å²) >= 11 is 1.89. The molecule has 0 N–H and O–H groups in total. The zero-order chi connectivity index (χ0) is 21.1. The van der Waals surface area contributed by atoms with Gasteiger partial charge >= 0.3 is 0 Å². The topological polar surface area (TPSA) is 40.6 Å². The predicted octanol–water partition coefficient (Wildman–Crippen LogP) is 4.70. The van der Waals surface area contributed by atoms with Crippen molar-refractivity contribution in [3.8, 4) is 0 Å². The van der Waals surface area contributed by atoms with Gasteiger partial charge in [-0.3, -0.25) is 9.59 Å². The molecule has 0 bridgehead atoms. The van der Waals surface area contributed by atoms with Crippen LogP contribution < -0.4 is 0 Å². The number of nitrogens with zero attached hydrogens (tertiary/aromatic N) is 2. The van der Waals surface area contributed by atoms with E-state index in [-0.39, 0.29) is 22.6 Å². The zero-order valence-electron chi connectivity index (χ0n) is 17.8. The van der Waals surface area contributed by atoms with E-state index < -0.39 is 0 Å². The third kappa shape index (κ3) is 3.87. The summed E-state index contributed by atoms with van der Waals surface area (Å²) in [6.07, 6.45) is 2.48. The molecule has 0 saturated carbocycles. The molecule has 2 aliphatic heterocycles. The molecule has 2 saturated heterocycles. The van der Waals surface area contributed by atoms with E-state index >= 15 is 0 Å². The minimum Gasteiger partial charge on any atom is -0.342 e. The van der Waals surface area contributed by atoms with Crippen LogP contribution in [-0.2, 0) is 4.79 Å². The minimum atomic E-state index is -0.176. The molecule has 0 aromatic heterocycles. The quantitative estimate of drug-likeness (QED) is 0.717. The summed E-state index contributed by atoms with van der Waals surface area (Å²) in [6.45, 7) is 6.29. The maximum Gasteiger partial charge on any atom is 0.255 e. The SMILES string of the molecule is CCC(C(=O)N1CCC2(CC1)SCCN2C(=O)c1ccccc1C)c1ccccc1. The second-order valence-electron chi connectivity index (χ2n) is 8.26. The third-order valence-corrected chi connectivity index (χ3v) is 8.12. The van der Waals surface area contributed by atoms with E-state index in [0.29, 0.717) is 13.1 Å². The fourth-order valence-corrected chi connectivity index (χ4v) is 6.26. The molecule has 2 aromatic rings. The van der Waals surface area contributed by atoms with Crippen LogP contribution in [-0.4, -0.2) is 51.9 Å². The van der Waals surface area contributed by atoms with Crippen LogP contribution in [0, 0.1) is 6.92 Å². The summed E-state index contributed by atoms with van der Waals surface area (Å²) < 4.78 is 0. The molecule has 2 fully saturated rings. The van der Waals surface area contributed by atoms with Crippen molar-refractivity contribution in [2.45, 2.75) is 43.9 Å². The summed E-state index contributed by atoms with van der Waals surface area (Å²) in [7, 11) is 0. The molecule has 1 atom stereocenters. The van der Waals surface area contributed by atoms with E-state index in [1.165, 1.54) is 0 Å². The normalized spacial score (nSPS) is 19.1. The Morgan fingerprint density at radius 2 is 1.67 bits per heavy atom. The van der Waals surface area contributed by atoms with E-state index in [4.69, 9.17) is 0 Å². The van der Waals surface area contributed by atoms with Crippen molar-refractivity contribution in [3.63, 3.8) is 0 Å². The number of rotatable bonds is 4. The van der Waals surface area contributed by atoms with Gasteiger partial charge in [-0.05, 0) is 43.4 Å². The molecular weight excluding hydrogens is 392 g/mol. The predicted molar refractivity (Wildman–Crippen MR) is 123 cm³/mol. The molecule has 4 rings (SSSR count). The number of hydrogen-bond donors (Lipinski definition) is 0. The number of benzene rings is 2. The number of piperidine rings is 1. The first-order valence-corrected chi connectivity index (χ1v) is 11.9. The highest BCUT2D eigenvalue weighted by Gasteiger charge is 2.47. The molecule has 0 aliphatic carbocycles. The number of thioether (sulfide) groups is 1. The van der Waals surface area contributed by atoms with E-state index in [1.54, 1.807) is 0 Å². The van der Waals surface area contributed by atoms with Crippen LogP contribution in [0.25, 0.3) is 0 Å². The highest BCUT2D eigenvalue weighted by atomic mass is 32.2. The average Bonchev–Trinajstić information content (AvgIpc) is 3.18. The maximum atomic E-state index is 13.3. The first-order chi connectivity index (χ1) is 14.6. The lowest BCUT2D eigenvalue weighted by Crippen LogP contribution is -2.54. The van der Waals surface area contributed by atoms with Gasteiger partial charge in [0.15, 0.2) is 0 Å².